The number of ketones is 1. The van der Waals surface area contributed by atoms with Gasteiger partial charge in [0.25, 0.3) is 5.91 Å². The summed E-state index contributed by atoms with van der Waals surface area (Å²) in [6, 6.07) is 8.30. The molecule has 0 atom stereocenters. The molecule has 1 aromatic heterocycles. The van der Waals surface area contributed by atoms with Crippen molar-refractivity contribution in [2.24, 2.45) is 0 Å². The van der Waals surface area contributed by atoms with Crippen molar-refractivity contribution < 1.29 is 9.59 Å². The Kier molecular flexibility index (Phi) is 3.48. The summed E-state index contributed by atoms with van der Waals surface area (Å²) in [5.41, 5.74) is 1.47. The van der Waals surface area contributed by atoms with Crippen LogP contribution in [0.3, 0.4) is 0 Å². The molecule has 18 heavy (non-hydrogen) atoms. The number of anilines is 1. The van der Waals surface area contributed by atoms with Crippen LogP contribution in [0.4, 0.5) is 5.69 Å². The highest BCUT2D eigenvalue weighted by Crippen LogP contribution is 2.14. The van der Waals surface area contributed by atoms with Crippen LogP contribution in [0, 0.1) is 0 Å². The van der Waals surface area contributed by atoms with Gasteiger partial charge in [-0.05, 0) is 37.3 Å². The molecule has 2 rings (SSSR count). The van der Waals surface area contributed by atoms with E-state index in [9.17, 15) is 9.59 Å². The zero-order valence-electron chi connectivity index (χ0n) is 9.66. The SMILES string of the molecule is CC(=O)c1c[nH]c(C(=O)Nc2ccc(Cl)cc2)c1. The number of carbonyl (C=O) groups is 2. The lowest BCUT2D eigenvalue weighted by atomic mass is 10.2. The zero-order chi connectivity index (χ0) is 13.1. The molecule has 1 aromatic carbocycles. The minimum absolute atomic E-state index is 0.0863. The van der Waals surface area contributed by atoms with E-state index in [1.807, 2.05) is 0 Å². The lowest BCUT2D eigenvalue weighted by Gasteiger charge is -2.03. The third-order valence-electron chi connectivity index (χ3n) is 2.44. The fourth-order valence-corrected chi connectivity index (χ4v) is 1.59. The third-order valence-corrected chi connectivity index (χ3v) is 2.69. The van der Waals surface area contributed by atoms with E-state index in [1.165, 1.54) is 19.2 Å². The molecule has 0 aliphatic carbocycles. The Hall–Kier alpha value is -2.07. The molecule has 2 aromatic rings. The van der Waals surface area contributed by atoms with Crippen molar-refractivity contribution in [2.75, 3.05) is 5.32 Å². The van der Waals surface area contributed by atoms with Crippen LogP contribution in [0.5, 0.6) is 0 Å². The molecule has 4 nitrogen and oxygen atoms in total. The first-order valence-electron chi connectivity index (χ1n) is 5.32. The first kappa shape index (κ1) is 12.4. The molecule has 0 spiro atoms. The number of benzene rings is 1. The number of aromatic nitrogens is 1. The van der Waals surface area contributed by atoms with Crippen molar-refractivity contribution >= 4 is 29.0 Å². The predicted molar refractivity (Wildman–Crippen MR) is 70.2 cm³/mol. The maximum Gasteiger partial charge on any atom is 0.272 e. The van der Waals surface area contributed by atoms with Gasteiger partial charge in [-0.15, -0.1) is 0 Å². The quantitative estimate of drug-likeness (QED) is 0.835. The Bertz CT molecular complexity index is 587. The lowest BCUT2D eigenvalue weighted by molar-refractivity contribution is 0.101. The minimum atomic E-state index is -0.301. The minimum Gasteiger partial charge on any atom is -0.356 e. The molecule has 0 unspecified atom stereocenters. The summed E-state index contributed by atoms with van der Waals surface area (Å²) < 4.78 is 0. The molecule has 5 heteroatoms. The van der Waals surface area contributed by atoms with Crippen LogP contribution in [-0.2, 0) is 0 Å². The van der Waals surface area contributed by atoms with Gasteiger partial charge in [0.2, 0.25) is 0 Å². The largest absolute Gasteiger partial charge is 0.356 e. The van der Waals surface area contributed by atoms with E-state index in [0.717, 1.165) is 0 Å². The molecule has 0 bridgehead atoms. The van der Waals surface area contributed by atoms with E-state index < -0.39 is 0 Å². The smallest absolute Gasteiger partial charge is 0.272 e. The van der Waals surface area contributed by atoms with Gasteiger partial charge in [-0.2, -0.15) is 0 Å². The molecular weight excluding hydrogens is 252 g/mol. The van der Waals surface area contributed by atoms with Crippen LogP contribution < -0.4 is 5.32 Å². The number of carbonyl (C=O) groups excluding carboxylic acids is 2. The van der Waals surface area contributed by atoms with Crippen LogP contribution >= 0.6 is 11.6 Å². The van der Waals surface area contributed by atoms with Gasteiger partial charge in [0, 0.05) is 22.5 Å². The summed E-state index contributed by atoms with van der Waals surface area (Å²) in [4.78, 5) is 25.7. The number of nitrogens with one attached hydrogen (secondary N) is 2. The van der Waals surface area contributed by atoms with Gasteiger partial charge in [-0.25, -0.2) is 0 Å². The van der Waals surface area contributed by atoms with Crippen molar-refractivity contribution in [2.45, 2.75) is 6.92 Å². The Labute approximate surface area is 109 Å². The highest BCUT2D eigenvalue weighted by Gasteiger charge is 2.10. The fraction of sp³-hybridized carbons (Fsp3) is 0.0769. The summed E-state index contributed by atoms with van der Waals surface area (Å²) in [6.45, 7) is 1.45. The van der Waals surface area contributed by atoms with E-state index in [-0.39, 0.29) is 11.7 Å². The van der Waals surface area contributed by atoms with Crippen LogP contribution in [0.25, 0.3) is 0 Å². The van der Waals surface area contributed by atoms with Gasteiger partial charge in [0.15, 0.2) is 5.78 Å². The van der Waals surface area contributed by atoms with E-state index >= 15 is 0 Å². The molecule has 0 saturated carbocycles. The number of H-pyrrole nitrogens is 1. The third kappa shape index (κ3) is 2.78. The number of Topliss-reactive ketones (excluding diaryl/α,β-unsaturated/α-hetero) is 1. The van der Waals surface area contributed by atoms with Crippen LogP contribution in [0.2, 0.25) is 5.02 Å². The maximum atomic E-state index is 11.8. The van der Waals surface area contributed by atoms with Gasteiger partial charge in [0.05, 0.1) is 0 Å². The van der Waals surface area contributed by atoms with Crippen LogP contribution in [0.1, 0.15) is 27.8 Å². The Morgan fingerprint density at radius 1 is 1.22 bits per heavy atom. The second-order valence-corrected chi connectivity index (χ2v) is 4.26. The topological polar surface area (TPSA) is 62.0 Å². The number of hydrogen-bond donors (Lipinski definition) is 2. The summed E-state index contributed by atoms with van der Waals surface area (Å²) >= 11 is 5.75. The van der Waals surface area contributed by atoms with Gasteiger partial charge in [-0.3, -0.25) is 9.59 Å². The van der Waals surface area contributed by atoms with E-state index in [1.54, 1.807) is 24.3 Å². The summed E-state index contributed by atoms with van der Waals surface area (Å²) in [5, 5.41) is 3.30. The Morgan fingerprint density at radius 3 is 2.44 bits per heavy atom. The summed E-state index contributed by atoms with van der Waals surface area (Å²) in [6.07, 6.45) is 1.51. The molecule has 1 amide bonds. The standard InChI is InChI=1S/C13H11ClN2O2/c1-8(17)9-6-12(15-7-9)13(18)16-11-4-2-10(14)3-5-11/h2-7,15H,1H3,(H,16,18). The molecular formula is C13H11ClN2O2. The zero-order valence-corrected chi connectivity index (χ0v) is 10.4. The molecule has 0 radical (unpaired) electrons. The fourth-order valence-electron chi connectivity index (χ4n) is 1.46. The molecule has 0 aliphatic heterocycles. The first-order valence-corrected chi connectivity index (χ1v) is 5.70. The first-order chi connectivity index (χ1) is 8.56. The Morgan fingerprint density at radius 2 is 1.89 bits per heavy atom. The second kappa shape index (κ2) is 5.06. The van der Waals surface area contributed by atoms with Gasteiger partial charge in [0.1, 0.15) is 5.69 Å². The Balaban J connectivity index is 2.11. The van der Waals surface area contributed by atoms with Gasteiger partial charge >= 0.3 is 0 Å². The van der Waals surface area contributed by atoms with E-state index in [0.29, 0.717) is 22.0 Å². The molecule has 92 valence electrons. The van der Waals surface area contributed by atoms with E-state index in [4.69, 9.17) is 11.6 Å². The average molecular weight is 263 g/mol. The summed E-state index contributed by atoms with van der Waals surface area (Å²) in [5.74, 6) is -0.387. The lowest BCUT2D eigenvalue weighted by Crippen LogP contribution is -2.12. The number of aromatic amines is 1. The van der Waals surface area contributed by atoms with E-state index in [2.05, 4.69) is 10.3 Å². The monoisotopic (exact) mass is 262 g/mol. The average Bonchev–Trinajstić information content (AvgIpc) is 2.81. The van der Waals surface area contributed by atoms with Crippen LogP contribution in [0.15, 0.2) is 36.5 Å². The molecule has 2 N–H and O–H groups in total. The highest BCUT2D eigenvalue weighted by molar-refractivity contribution is 6.30. The van der Waals surface area contributed by atoms with Crippen LogP contribution in [-0.4, -0.2) is 16.7 Å². The molecule has 0 aliphatic rings. The maximum absolute atomic E-state index is 11.8. The summed E-state index contributed by atoms with van der Waals surface area (Å²) in [7, 11) is 0. The number of halogens is 1. The second-order valence-electron chi connectivity index (χ2n) is 3.82. The number of amides is 1. The van der Waals surface area contributed by atoms with Gasteiger partial charge < -0.3 is 10.3 Å². The highest BCUT2D eigenvalue weighted by atomic mass is 35.5. The van der Waals surface area contributed by atoms with Gasteiger partial charge in [-0.1, -0.05) is 11.6 Å². The molecule has 0 fully saturated rings. The number of hydrogen-bond acceptors (Lipinski definition) is 2. The predicted octanol–water partition coefficient (Wildman–Crippen LogP) is 3.12. The van der Waals surface area contributed by atoms with Crippen molar-refractivity contribution in [3.05, 3.63) is 52.8 Å². The van der Waals surface area contributed by atoms with Crippen molar-refractivity contribution in [3.63, 3.8) is 0 Å². The van der Waals surface area contributed by atoms with Crippen molar-refractivity contribution in [3.8, 4) is 0 Å². The number of rotatable bonds is 3. The van der Waals surface area contributed by atoms with Crippen molar-refractivity contribution in [1.29, 1.82) is 0 Å². The normalized spacial score (nSPS) is 10.1. The molecule has 0 saturated heterocycles. The van der Waals surface area contributed by atoms with Crippen molar-refractivity contribution in [1.82, 2.24) is 4.98 Å². The molecule has 1 heterocycles.